The molecule has 0 radical (unpaired) electrons. The Bertz CT molecular complexity index is 462. The van der Waals surface area contributed by atoms with Gasteiger partial charge < -0.3 is 5.32 Å². The number of nitrogens with zero attached hydrogens (tertiary/aromatic N) is 1. The van der Waals surface area contributed by atoms with Gasteiger partial charge in [0.2, 0.25) is 0 Å². The molecule has 0 amide bonds. The van der Waals surface area contributed by atoms with E-state index in [4.69, 9.17) is 5.26 Å². The topological polar surface area (TPSA) is 35.8 Å². The van der Waals surface area contributed by atoms with Crippen LogP contribution >= 0.6 is 0 Å². The molecule has 2 nitrogen and oxygen atoms in total. The molecule has 18 heavy (non-hydrogen) atoms. The molecule has 0 spiro atoms. The Labute approximate surface area is 103 Å². The fraction of sp³-hybridized carbons (Fsp3) is 0.462. The first-order chi connectivity index (χ1) is 8.54. The summed E-state index contributed by atoms with van der Waals surface area (Å²) in [7, 11) is 0. The van der Waals surface area contributed by atoms with Gasteiger partial charge in [0.1, 0.15) is 0 Å². The third-order valence-corrected chi connectivity index (χ3v) is 3.31. The molecule has 1 aromatic carbocycles. The molecule has 0 aliphatic carbocycles. The van der Waals surface area contributed by atoms with Crippen molar-refractivity contribution in [3.63, 3.8) is 0 Å². The van der Waals surface area contributed by atoms with Crippen molar-refractivity contribution in [1.29, 1.82) is 5.26 Å². The minimum absolute atomic E-state index is 0.226. The molecule has 2 rings (SSSR count). The van der Waals surface area contributed by atoms with Crippen LogP contribution in [0.5, 0.6) is 0 Å². The van der Waals surface area contributed by atoms with Gasteiger partial charge in [0.25, 0.3) is 0 Å². The van der Waals surface area contributed by atoms with Crippen molar-refractivity contribution in [3.05, 3.63) is 35.4 Å². The quantitative estimate of drug-likeness (QED) is 0.836. The van der Waals surface area contributed by atoms with E-state index >= 15 is 0 Å². The Morgan fingerprint density at radius 3 is 2.67 bits per heavy atom. The van der Waals surface area contributed by atoms with E-state index < -0.39 is 11.7 Å². The highest BCUT2D eigenvalue weighted by atomic mass is 19.4. The first-order valence-electron chi connectivity index (χ1n) is 5.80. The van der Waals surface area contributed by atoms with Crippen LogP contribution in [0.4, 0.5) is 13.2 Å². The SMILES string of the molecule is N#CC1CCNCC1c1ccccc1C(F)(F)F. The molecule has 1 heterocycles. The Morgan fingerprint density at radius 2 is 2.00 bits per heavy atom. The molecular weight excluding hydrogens is 241 g/mol. The van der Waals surface area contributed by atoms with E-state index in [-0.39, 0.29) is 17.4 Å². The summed E-state index contributed by atoms with van der Waals surface area (Å²) in [5, 5.41) is 12.1. The summed E-state index contributed by atoms with van der Waals surface area (Å²) in [4.78, 5) is 0. The Balaban J connectivity index is 2.41. The first-order valence-corrected chi connectivity index (χ1v) is 5.80. The molecular formula is C13H13F3N2. The monoisotopic (exact) mass is 254 g/mol. The second kappa shape index (κ2) is 4.99. The summed E-state index contributed by atoms with van der Waals surface area (Å²) >= 11 is 0. The van der Waals surface area contributed by atoms with Crippen molar-refractivity contribution in [2.75, 3.05) is 13.1 Å². The fourth-order valence-corrected chi connectivity index (χ4v) is 2.42. The molecule has 1 aliphatic heterocycles. The van der Waals surface area contributed by atoms with E-state index in [9.17, 15) is 13.2 Å². The van der Waals surface area contributed by atoms with Crippen LogP contribution in [0.2, 0.25) is 0 Å². The Hall–Kier alpha value is -1.54. The second-order valence-corrected chi connectivity index (χ2v) is 4.42. The van der Waals surface area contributed by atoms with E-state index in [1.807, 2.05) is 0 Å². The molecule has 1 N–H and O–H groups in total. The molecule has 0 aromatic heterocycles. The fourth-order valence-electron chi connectivity index (χ4n) is 2.42. The predicted octanol–water partition coefficient (Wildman–Crippen LogP) is 2.92. The summed E-state index contributed by atoms with van der Waals surface area (Å²) < 4.78 is 38.8. The first kappa shape index (κ1) is 12.9. The number of halogens is 3. The predicted molar refractivity (Wildman–Crippen MR) is 60.8 cm³/mol. The van der Waals surface area contributed by atoms with Crippen LogP contribution < -0.4 is 5.32 Å². The van der Waals surface area contributed by atoms with Crippen LogP contribution in [-0.4, -0.2) is 13.1 Å². The molecule has 0 saturated carbocycles. The molecule has 0 bridgehead atoms. The van der Waals surface area contributed by atoms with Gasteiger partial charge in [-0.2, -0.15) is 18.4 Å². The van der Waals surface area contributed by atoms with Crippen molar-refractivity contribution < 1.29 is 13.2 Å². The zero-order valence-corrected chi connectivity index (χ0v) is 9.67. The van der Waals surface area contributed by atoms with E-state index in [1.54, 1.807) is 6.07 Å². The average Bonchev–Trinajstić information content (AvgIpc) is 2.37. The summed E-state index contributed by atoms with van der Waals surface area (Å²) in [6, 6.07) is 7.65. The standard InChI is InChI=1S/C13H13F3N2/c14-13(15,16)12-4-2-1-3-10(12)11-8-18-6-5-9(11)7-17/h1-4,9,11,18H,5-6,8H2. The summed E-state index contributed by atoms with van der Waals surface area (Å²) in [6.45, 7) is 1.11. The lowest BCUT2D eigenvalue weighted by molar-refractivity contribution is -0.138. The van der Waals surface area contributed by atoms with Crippen LogP contribution in [0, 0.1) is 17.2 Å². The Kier molecular flexibility index (Phi) is 3.58. The van der Waals surface area contributed by atoms with Gasteiger partial charge in [-0.3, -0.25) is 0 Å². The number of hydrogen-bond donors (Lipinski definition) is 1. The maximum Gasteiger partial charge on any atom is 0.416 e. The number of nitrogens with one attached hydrogen (secondary N) is 1. The van der Waals surface area contributed by atoms with E-state index in [2.05, 4.69) is 11.4 Å². The van der Waals surface area contributed by atoms with Crippen LogP contribution in [0.25, 0.3) is 0 Å². The highest BCUT2D eigenvalue weighted by Gasteiger charge is 2.37. The van der Waals surface area contributed by atoms with Crippen molar-refractivity contribution >= 4 is 0 Å². The number of hydrogen-bond acceptors (Lipinski definition) is 2. The van der Waals surface area contributed by atoms with Gasteiger partial charge in [-0.05, 0) is 24.6 Å². The lowest BCUT2D eigenvalue weighted by atomic mass is 9.80. The summed E-state index contributed by atoms with van der Waals surface area (Å²) in [5.41, 5.74) is -0.400. The number of rotatable bonds is 1. The van der Waals surface area contributed by atoms with Gasteiger partial charge in [0.15, 0.2) is 0 Å². The van der Waals surface area contributed by atoms with Gasteiger partial charge in [-0.1, -0.05) is 18.2 Å². The number of alkyl halides is 3. The average molecular weight is 254 g/mol. The number of piperidine rings is 1. The second-order valence-electron chi connectivity index (χ2n) is 4.42. The van der Waals surface area contributed by atoms with Crippen LogP contribution in [0.1, 0.15) is 23.5 Å². The summed E-state index contributed by atoms with van der Waals surface area (Å²) in [5.74, 6) is -0.740. The number of benzene rings is 1. The van der Waals surface area contributed by atoms with E-state index in [0.717, 1.165) is 6.07 Å². The molecule has 1 saturated heterocycles. The Morgan fingerprint density at radius 1 is 1.28 bits per heavy atom. The molecule has 96 valence electrons. The minimum atomic E-state index is -4.37. The zero-order chi connectivity index (χ0) is 13.2. The lowest BCUT2D eigenvalue weighted by Crippen LogP contribution is -2.35. The van der Waals surface area contributed by atoms with Crippen LogP contribution in [0.3, 0.4) is 0 Å². The minimum Gasteiger partial charge on any atom is -0.316 e. The van der Waals surface area contributed by atoms with Crippen molar-refractivity contribution in [1.82, 2.24) is 5.32 Å². The highest BCUT2D eigenvalue weighted by molar-refractivity contribution is 5.34. The van der Waals surface area contributed by atoms with Gasteiger partial charge in [0.05, 0.1) is 17.6 Å². The molecule has 2 atom stereocenters. The van der Waals surface area contributed by atoms with Crippen LogP contribution in [-0.2, 0) is 6.18 Å². The third-order valence-electron chi connectivity index (χ3n) is 3.31. The largest absolute Gasteiger partial charge is 0.416 e. The molecule has 1 fully saturated rings. The molecule has 1 aliphatic rings. The van der Waals surface area contributed by atoms with Crippen LogP contribution in [0.15, 0.2) is 24.3 Å². The number of nitriles is 1. The highest BCUT2D eigenvalue weighted by Crippen LogP contribution is 2.38. The molecule has 2 unspecified atom stereocenters. The van der Waals surface area contributed by atoms with Gasteiger partial charge in [-0.25, -0.2) is 0 Å². The van der Waals surface area contributed by atoms with Crippen molar-refractivity contribution in [2.24, 2.45) is 5.92 Å². The van der Waals surface area contributed by atoms with E-state index in [0.29, 0.717) is 19.5 Å². The maximum absolute atomic E-state index is 12.9. The lowest BCUT2D eigenvalue weighted by Gasteiger charge is -2.29. The third kappa shape index (κ3) is 2.49. The van der Waals surface area contributed by atoms with E-state index in [1.165, 1.54) is 12.1 Å². The smallest absolute Gasteiger partial charge is 0.316 e. The van der Waals surface area contributed by atoms with Crippen molar-refractivity contribution in [3.8, 4) is 6.07 Å². The molecule has 5 heteroatoms. The molecule has 1 aromatic rings. The van der Waals surface area contributed by atoms with Gasteiger partial charge >= 0.3 is 6.18 Å². The normalized spacial score (nSPS) is 24.6. The maximum atomic E-state index is 12.9. The zero-order valence-electron chi connectivity index (χ0n) is 9.67. The summed E-state index contributed by atoms with van der Waals surface area (Å²) in [6.07, 6.45) is -3.78. The van der Waals surface area contributed by atoms with Gasteiger partial charge in [-0.15, -0.1) is 0 Å². The van der Waals surface area contributed by atoms with Crippen molar-refractivity contribution in [2.45, 2.75) is 18.5 Å². The van der Waals surface area contributed by atoms with Gasteiger partial charge in [0, 0.05) is 12.5 Å².